The summed E-state index contributed by atoms with van der Waals surface area (Å²) in [5, 5.41) is 25.0. The highest BCUT2D eigenvalue weighted by Gasteiger charge is 2.10. The smallest absolute Gasteiger partial charge is 0.269 e. The Kier molecular flexibility index (Phi) is 4.64. The number of hydrogen-bond acceptors (Lipinski definition) is 5. The van der Waals surface area contributed by atoms with Crippen molar-refractivity contribution < 1.29 is 14.8 Å². The van der Waals surface area contributed by atoms with E-state index < -0.39 is 10.8 Å². The Morgan fingerprint density at radius 1 is 1.09 bits per heavy atom. The number of nitro benzene ring substituents is 1. The molecule has 0 spiro atoms. The van der Waals surface area contributed by atoms with Gasteiger partial charge in [0.1, 0.15) is 5.75 Å². The summed E-state index contributed by atoms with van der Waals surface area (Å²) in [5.41, 5.74) is 0.758. The molecular weight excluding hydrogens is 306 g/mol. The average Bonchev–Trinajstić information content (AvgIpc) is 2.49. The number of benzene rings is 2. The molecule has 0 aliphatic heterocycles. The van der Waals surface area contributed by atoms with Gasteiger partial charge in [0.2, 0.25) is 0 Å². The van der Waals surface area contributed by atoms with Crippen LogP contribution in [0.1, 0.15) is 10.4 Å². The Morgan fingerprint density at radius 2 is 1.68 bits per heavy atom. The molecule has 0 bridgehead atoms. The van der Waals surface area contributed by atoms with Crippen molar-refractivity contribution in [1.82, 2.24) is 5.32 Å². The average molecular weight is 317 g/mol. The van der Waals surface area contributed by atoms with Crippen LogP contribution in [0.2, 0.25) is 0 Å². The molecule has 0 aromatic heterocycles. The van der Waals surface area contributed by atoms with Crippen molar-refractivity contribution in [3.63, 3.8) is 0 Å². The van der Waals surface area contributed by atoms with Gasteiger partial charge in [0, 0.05) is 23.4 Å². The van der Waals surface area contributed by atoms with Crippen molar-refractivity contribution in [1.29, 1.82) is 0 Å². The number of thiocarbonyl (C=S) groups is 1. The first-order valence-electron chi connectivity index (χ1n) is 6.11. The molecule has 112 valence electrons. The topological polar surface area (TPSA) is 104 Å². The van der Waals surface area contributed by atoms with Crippen LogP contribution >= 0.6 is 12.2 Å². The number of rotatable bonds is 3. The minimum atomic E-state index is -0.543. The van der Waals surface area contributed by atoms with Crippen LogP contribution in [-0.4, -0.2) is 21.0 Å². The fraction of sp³-hybridized carbons (Fsp3) is 0. The lowest BCUT2D eigenvalue weighted by atomic mass is 10.2. The lowest BCUT2D eigenvalue weighted by Crippen LogP contribution is -2.34. The zero-order valence-electron chi connectivity index (χ0n) is 11.1. The predicted octanol–water partition coefficient (Wildman–Crippen LogP) is 2.43. The summed E-state index contributed by atoms with van der Waals surface area (Å²) in [6.45, 7) is 0. The van der Waals surface area contributed by atoms with E-state index in [1.54, 1.807) is 12.1 Å². The number of carbonyl (C=O) groups excluding carboxylic acids is 1. The molecule has 3 N–H and O–H groups in total. The molecule has 0 saturated heterocycles. The van der Waals surface area contributed by atoms with Gasteiger partial charge < -0.3 is 10.4 Å². The van der Waals surface area contributed by atoms with E-state index in [1.807, 2.05) is 0 Å². The third kappa shape index (κ3) is 4.00. The number of nitrogens with one attached hydrogen (secondary N) is 2. The number of non-ortho nitro benzene ring substituents is 1. The van der Waals surface area contributed by atoms with Gasteiger partial charge in [-0.2, -0.15) is 0 Å². The van der Waals surface area contributed by atoms with E-state index >= 15 is 0 Å². The zero-order chi connectivity index (χ0) is 16.1. The number of aromatic hydroxyl groups is 1. The maximum atomic E-state index is 11.9. The number of nitrogens with zero attached hydrogens (tertiary/aromatic N) is 1. The Morgan fingerprint density at radius 3 is 2.23 bits per heavy atom. The third-order valence-corrected chi connectivity index (χ3v) is 2.90. The van der Waals surface area contributed by atoms with E-state index in [9.17, 15) is 14.9 Å². The first-order chi connectivity index (χ1) is 10.5. The van der Waals surface area contributed by atoms with Gasteiger partial charge in [0.15, 0.2) is 5.11 Å². The van der Waals surface area contributed by atoms with Gasteiger partial charge in [0.25, 0.3) is 11.6 Å². The molecule has 8 heteroatoms. The summed E-state index contributed by atoms with van der Waals surface area (Å²) < 4.78 is 0. The molecule has 0 atom stereocenters. The minimum absolute atomic E-state index is 0.0778. The van der Waals surface area contributed by atoms with Gasteiger partial charge in [-0.05, 0) is 48.6 Å². The Hall–Kier alpha value is -3.00. The third-order valence-electron chi connectivity index (χ3n) is 2.69. The molecule has 0 heterocycles. The van der Waals surface area contributed by atoms with Crippen molar-refractivity contribution in [2.24, 2.45) is 0 Å². The Labute approximate surface area is 130 Å². The number of nitro groups is 1. The largest absolute Gasteiger partial charge is 0.508 e. The quantitative estimate of drug-likeness (QED) is 0.347. The predicted molar refractivity (Wildman–Crippen MR) is 84.9 cm³/mol. The molecule has 0 aliphatic rings. The summed E-state index contributed by atoms with van der Waals surface area (Å²) in [6.07, 6.45) is 0. The van der Waals surface area contributed by atoms with Gasteiger partial charge in [-0.15, -0.1) is 0 Å². The van der Waals surface area contributed by atoms with Crippen LogP contribution < -0.4 is 10.6 Å². The second kappa shape index (κ2) is 6.64. The Balaban J connectivity index is 1.97. The fourth-order valence-electron chi connectivity index (χ4n) is 1.62. The van der Waals surface area contributed by atoms with E-state index in [4.69, 9.17) is 17.3 Å². The fourth-order valence-corrected chi connectivity index (χ4v) is 1.83. The highest BCUT2D eigenvalue weighted by atomic mass is 32.1. The van der Waals surface area contributed by atoms with Gasteiger partial charge in [-0.1, -0.05) is 0 Å². The van der Waals surface area contributed by atoms with E-state index in [2.05, 4.69) is 10.6 Å². The summed E-state index contributed by atoms with van der Waals surface area (Å²) in [5.74, 6) is -0.363. The van der Waals surface area contributed by atoms with Crippen molar-refractivity contribution in [2.75, 3.05) is 5.32 Å². The van der Waals surface area contributed by atoms with Crippen LogP contribution in [0.5, 0.6) is 5.75 Å². The number of carbonyl (C=O) groups is 1. The molecule has 0 aliphatic carbocycles. The second-order valence-electron chi connectivity index (χ2n) is 4.26. The van der Waals surface area contributed by atoms with Gasteiger partial charge in [-0.25, -0.2) is 0 Å². The van der Waals surface area contributed by atoms with Crippen LogP contribution in [0.3, 0.4) is 0 Å². The summed E-state index contributed by atoms with van der Waals surface area (Å²) in [7, 11) is 0. The first kappa shape index (κ1) is 15.4. The summed E-state index contributed by atoms with van der Waals surface area (Å²) in [6, 6.07) is 11.3. The van der Waals surface area contributed by atoms with E-state index in [0.29, 0.717) is 5.69 Å². The molecular formula is C14H11N3O4S. The lowest BCUT2D eigenvalue weighted by molar-refractivity contribution is -0.384. The number of phenolic OH excluding ortho intramolecular Hbond substituents is 1. The highest BCUT2D eigenvalue weighted by molar-refractivity contribution is 7.80. The standard InChI is InChI=1S/C14H11N3O4S/c18-12-7-3-10(4-8-12)15-14(22)16-13(19)9-1-5-11(6-2-9)17(20)21/h1-8,18H,(H2,15,16,19,22). The van der Waals surface area contributed by atoms with Crippen molar-refractivity contribution in [2.45, 2.75) is 0 Å². The molecule has 0 unspecified atom stereocenters. The minimum Gasteiger partial charge on any atom is -0.508 e. The van der Waals surface area contributed by atoms with Crippen LogP contribution in [0.4, 0.5) is 11.4 Å². The lowest BCUT2D eigenvalue weighted by Gasteiger charge is -2.09. The first-order valence-corrected chi connectivity index (χ1v) is 6.52. The number of phenols is 1. The maximum absolute atomic E-state index is 11.9. The van der Waals surface area contributed by atoms with Crippen molar-refractivity contribution in [3.8, 4) is 5.75 Å². The van der Waals surface area contributed by atoms with Gasteiger partial charge >= 0.3 is 0 Å². The molecule has 0 fully saturated rings. The molecule has 0 radical (unpaired) electrons. The number of amides is 1. The molecule has 0 saturated carbocycles. The summed E-state index contributed by atoms with van der Waals surface area (Å²) in [4.78, 5) is 21.9. The van der Waals surface area contributed by atoms with Gasteiger partial charge in [-0.3, -0.25) is 20.2 Å². The molecule has 1 amide bonds. The normalized spacial score (nSPS) is 9.82. The van der Waals surface area contributed by atoms with E-state index in [0.717, 1.165) is 0 Å². The van der Waals surface area contributed by atoms with Crippen LogP contribution in [0.25, 0.3) is 0 Å². The SMILES string of the molecule is O=C(NC(=S)Nc1ccc(O)cc1)c1ccc([N+](=O)[O-])cc1. The zero-order valence-corrected chi connectivity index (χ0v) is 12.0. The number of anilines is 1. The molecule has 2 aromatic rings. The van der Waals surface area contributed by atoms with E-state index in [1.165, 1.54) is 36.4 Å². The molecule has 22 heavy (non-hydrogen) atoms. The molecule has 2 rings (SSSR count). The highest BCUT2D eigenvalue weighted by Crippen LogP contribution is 2.14. The molecule has 2 aromatic carbocycles. The number of hydrogen-bond donors (Lipinski definition) is 3. The second-order valence-corrected chi connectivity index (χ2v) is 4.67. The molecule has 7 nitrogen and oxygen atoms in total. The van der Waals surface area contributed by atoms with E-state index in [-0.39, 0.29) is 22.1 Å². The maximum Gasteiger partial charge on any atom is 0.269 e. The van der Waals surface area contributed by atoms with Crippen LogP contribution in [0, 0.1) is 10.1 Å². The van der Waals surface area contributed by atoms with Crippen LogP contribution in [0.15, 0.2) is 48.5 Å². The Bertz CT molecular complexity index is 714. The van der Waals surface area contributed by atoms with Crippen molar-refractivity contribution in [3.05, 3.63) is 64.2 Å². The van der Waals surface area contributed by atoms with Gasteiger partial charge in [0.05, 0.1) is 4.92 Å². The van der Waals surface area contributed by atoms with Crippen molar-refractivity contribution >= 4 is 34.6 Å². The summed E-state index contributed by atoms with van der Waals surface area (Å²) >= 11 is 5.00. The monoisotopic (exact) mass is 317 g/mol. The van der Waals surface area contributed by atoms with Crippen LogP contribution in [-0.2, 0) is 0 Å².